The molecule has 1 aromatic rings. The van der Waals surface area contributed by atoms with Crippen molar-refractivity contribution in [3.63, 3.8) is 0 Å². The van der Waals surface area contributed by atoms with Gasteiger partial charge < -0.3 is 4.42 Å². The Morgan fingerprint density at radius 1 is 1.38 bits per heavy atom. The maximum Gasteiger partial charge on any atom is 0.271 e. The number of hydrogen-bond donors (Lipinski definition) is 0. The molecule has 7 nitrogen and oxygen atoms in total. The van der Waals surface area contributed by atoms with Crippen LogP contribution >= 0.6 is 0 Å². The van der Waals surface area contributed by atoms with Crippen LogP contribution in [0.5, 0.6) is 0 Å². The predicted octanol–water partition coefficient (Wildman–Crippen LogP) is 1.06. The molecule has 2 amide bonds. The van der Waals surface area contributed by atoms with Gasteiger partial charge in [0.1, 0.15) is 17.4 Å². The summed E-state index contributed by atoms with van der Waals surface area (Å²) in [4.78, 5) is 26.2. The maximum atomic E-state index is 12.8. The SMILES string of the molecule is CC1=C(C#N)C(=O)N(C2CCS(=O)(=O)C2)C(=O)/C1=C/c1ccco1. The highest BCUT2D eigenvalue weighted by Gasteiger charge is 2.43. The number of rotatable bonds is 2. The van der Waals surface area contributed by atoms with Crippen LogP contribution in [0.4, 0.5) is 0 Å². The lowest BCUT2D eigenvalue weighted by molar-refractivity contribution is -0.142. The first-order valence-corrected chi connectivity index (χ1v) is 9.11. The van der Waals surface area contributed by atoms with Gasteiger partial charge in [0.2, 0.25) is 0 Å². The third-order valence-electron chi connectivity index (χ3n) is 4.18. The Morgan fingerprint density at radius 2 is 2.12 bits per heavy atom. The third kappa shape index (κ3) is 2.67. The molecule has 0 aliphatic carbocycles. The lowest BCUT2D eigenvalue weighted by Gasteiger charge is -2.31. The van der Waals surface area contributed by atoms with E-state index < -0.39 is 27.7 Å². The van der Waals surface area contributed by atoms with Crippen molar-refractivity contribution in [2.75, 3.05) is 11.5 Å². The van der Waals surface area contributed by atoms with E-state index in [-0.39, 0.29) is 34.6 Å². The molecule has 1 aromatic heterocycles. The van der Waals surface area contributed by atoms with Crippen LogP contribution in [0.1, 0.15) is 19.1 Å². The molecular formula is C16H14N2O5S. The minimum absolute atomic E-state index is 0.0729. The minimum atomic E-state index is -3.28. The van der Waals surface area contributed by atoms with E-state index >= 15 is 0 Å². The van der Waals surface area contributed by atoms with Crippen LogP contribution in [0.15, 0.2) is 39.5 Å². The quantitative estimate of drug-likeness (QED) is 0.585. The van der Waals surface area contributed by atoms with Gasteiger partial charge in [0, 0.05) is 5.57 Å². The van der Waals surface area contributed by atoms with Crippen molar-refractivity contribution in [1.82, 2.24) is 4.90 Å². The zero-order valence-corrected chi connectivity index (χ0v) is 13.7. The van der Waals surface area contributed by atoms with Gasteiger partial charge in [-0.3, -0.25) is 14.5 Å². The number of nitrogens with zero attached hydrogens (tertiary/aromatic N) is 2. The molecule has 0 aromatic carbocycles. The van der Waals surface area contributed by atoms with Crippen molar-refractivity contribution in [2.24, 2.45) is 0 Å². The molecule has 124 valence electrons. The van der Waals surface area contributed by atoms with Gasteiger partial charge in [-0.1, -0.05) is 0 Å². The molecule has 0 N–H and O–H groups in total. The molecule has 1 atom stereocenters. The summed E-state index contributed by atoms with van der Waals surface area (Å²) in [5.41, 5.74) is 0.267. The second-order valence-electron chi connectivity index (χ2n) is 5.72. The summed E-state index contributed by atoms with van der Waals surface area (Å²) in [6.45, 7) is 1.52. The molecule has 0 spiro atoms. The van der Waals surface area contributed by atoms with Crippen LogP contribution in [0, 0.1) is 11.3 Å². The Kier molecular flexibility index (Phi) is 3.89. The van der Waals surface area contributed by atoms with Gasteiger partial charge in [0.05, 0.1) is 23.8 Å². The summed E-state index contributed by atoms with van der Waals surface area (Å²) in [6, 6.07) is 4.37. The average Bonchev–Trinajstić information content (AvgIpc) is 3.14. The van der Waals surface area contributed by atoms with Crippen LogP contribution < -0.4 is 0 Å². The number of carbonyl (C=O) groups excluding carboxylic acids is 2. The molecule has 24 heavy (non-hydrogen) atoms. The number of hydrogen-bond acceptors (Lipinski definition) is 6. The van der Waals surface area contributed by atoms with Crippen molar-refractivity contribution >= 4 is 27.7 Å². The van der Waals surface area contributed by atoms with Crippen molar-refractivity contribution in [3.8, 4) is 6.07 Å². The van der Waals surface area contributed by atoms with Gasteiger partial charge in [-0.15, -0.1) is 0 Å². The zero-order valence-electron chi connectivity index (χ0n) is 12.9. The highest BCUT2D eigenvalue weighted by molar-refractivity contribution is 7.91. The molecule has 0 radical (unpaired) electrons. The Morgan fingerprint density at radius 3 is 2.67 bits per heavy atom. The van der Waals surface area contributed by atoms with Crippen LogP contribution in [-0.4, -0.2) is 42.7 Å². The molecule has 1 unspecified atom stereocenters. The molecule has 2 aliphatic rings. The average molecular weight is 346 g/mol. The van der Waals surface area contributed by atoms with E-state index in [0.29, 0.717) is 5.76 Å². The number of nitriles is 1. The lowest BCUT2D eigenvalue weighted by Crippen LogP contribution is -2.49. The topological polar surface area (TPSA) is 108 Å². The van der Waals surface area contributed by atoms with E-state index in [4.69, 9.17) is 4.42 Å². The zero-order chi connectivity index (χ0) is 17.5. The Balaban J connectivity index is 2.08. The Bertz CT molecular complexity index is 916. The molecule has 2 aliphatic heterocycles. The van der Waals surface area contributed by atoms with Gasteiger partial charge in [-0.05, 0) is 37.1 Å². The number of sulfone groups is 1. The van der Waals surface area contributed by atoms with Gasteiger partial charge in [-0.25, -0.2) is 8.42 Å². The van der Waals surface area contributed by atoms with Crippen molar-refractivity contribution in [1.29, 1.82) is 5.26 Å². The fourth-order valence-electron chi connectivity index (χ4n) is 2.93. The van der Waals surface area contributed by atoms with E-state index in [2.05, 4.69) is 0 Å². The molecule has 0 saturated carbocycles. The second-order valence-corrected chi connectivity index (χ2v) is 7.95. The smallest absolute Gasteiger partial charge is 0.271 e. The number of carbonyl (C=O) groups is 2. The molecular weight excluding hydrogens is 332 g/mol. The first-order valence-electron chi connectivity index (χ1n) is 7.29. The maximum absolute atomic E-state index is 12.8. The Hall–Kier alpha value is -2.66. The summed E-state index contributed by atoms with van der Waals surface area (Å²) < 4.78 is 28.6. The standard InChI is InChI=1S/C16H14N2O5S/c1-10-13(7-12-3-2-5-23-12)15(19)18(16(20)14(10)8-17)11-4-6-24(21,22)9-11/h2-3,5,7,11H,4,6,9H2,1H3/b13-7+. The van der Waals surface area contributed by atoms with Gasteiger partial charge in [-0.2, -0.15) is 5.26 Å². The van der Waals surface area contributed by atoms with Crippen molar-refractivity contribution in [3.05, 3.63) is 40.9 Å². The van der Waals surface area contributed by atoms with Crippen LogP contribution in [0.3, 0.4) is 0 Å². The van der Waals surface area contributed by atoms with E-state index in [1.807, 2.05) is 6.07 Å². The number of furan rings is 1. The van der Waals surface area contributed by atoms with Gasteiger partial charge in [0.15, 0.2) is 9.84 Å². The summed E-state index contributed by atoms with van der Waals surface area (Å²) in [7, 11) is -3.28. The molecule has 0 bridgehead atoms. The van der Waals surface area contributed by atoms with Crippen LogP contribution in [0.25, 0.3) is 6.08 Å². The highest BCUT2D eigenvalue weighted by Crippen LogP contribution is 2.31. The fraction of sp³-hybridized carbons (Fsp3) is 0.312. The van der Waals surface area contributed by atoms with Gasteiger partial charge in [0.25, 0.3) is 11.8 Å². The molecule has 3 heterocycles. The number of imide groups is 1. The van der Waals surface area contributed by atoms with Gasteiger partial charge >= 0.3 is 0 Å². The second kappa shape index (κ2) is 5.76. The highest BCUT2D eigenvalue weighted by atomic mass is 32.2. The van der Waals surface area contributed by atoms with E-state index in [0.717, 1.165) is 4.90 Å². The molecule has 3 rings (SSSR count). The molecule has 1 fully saturated rings. The largest absolute Gasteiger partial charge is 0.465 e. The monoisotopic (exact) mass is 346 g/mol. The predicted molar refractivity (Wildman–Crippen MR) is 83.9 cm³/mol. The lowest BCUT2D eigenvalue weighted by atomic mass is 9.93. The number of amides is 2. The van der Waals surface area contributed by atoms with Crippen LogP contribution in [0.2, 0.25) is 0 Å². The molecule has 1 saturated heterocycles. The summed E-state index contributed by atoms with van der Waals surface area (Å²) >= 11 is 0. The minimum Gasteiger partial charge on any atom is -0.465 e. The summed E-state index contributed by atoms with van der Waals surface area (Å²) in [6.07, 6.45) is 3.08. The fourth-order valence-corrected chi connectivity index (χ4v) is 4.63. The van der Waals surface area contributed by atoms with E-state index in [1.54, 1.807) is 12.1 Å². The van der Waals surface area contributed by atoms with Crippen LogP contribution in [-0.2, 0) is 19.4 Å². The summed E-state index contributed by atoms with van der Waals surface area (Å²) in [5.74, 6) is -1.27. The normalized spacial score (nSPS) is 25.4. The van der Waals surface area contributed by atoms with Crippen molar-refractivity contribution in [2.45, 2.75) is 19.4 Å². The van der Waals surface area contributed by atoms with Crippen molar-refractivity contribution < 1.29 is 22.4 Å². The Labute approximate surface area is 138 Å². The first kappa shape index (κ1) is 16.2. The molecule has 8 heteroatoms. The summed E-state index contributed by atoms with van der Waals surface area (Å²) in [5, 5.41) is 9.29. The van der Waals surface area contributed by atoms with E-state index in [1.165, 1.54) is 19.3 Å². The van der Waals surface area contributed by atoms with E-state index in [9.17, 15) is 23.3 Å². The first-order chi connectivity index (χ1) is 11.3. The third-order valence-corrected chi connectivity index (χ3v) is 5.93.